The number of aromatic amines is 1. The summed E-state index contributed by atoms with van der Waals surface area (Å²) in [5, 5.41) is 0. The average molecular weight is 234 g/mol. The van der Waals surface area contributed by atoms with Crippen LogP contribution in [0.2, 0.25) is 0 Å². The second-order valence-corrected chi connectivity index (χ2v) is 4.22. The van der Waals surface area contributed by atoms with Crippen molar-refractivity contribution in [1.29, 1.82) is 0 Å². The lowest BCUT2D eigenvalue weighted by molar-refractivity contribution is 0.328. The zero-order valence-corrected chi connectivity index (χ0v) is 10.4. The van der Waals surface area contributed by atoms with Crippen molar-refractivity contribution in [2.75, 3.05) is 6.61 Å². The van der Waals surface area contributed by atoms with Crippen molar-refractivity contribution in [1.82, 2.24) is 15.0 Å². The molecule has 0 aliphatic carbocycles. The molecule has 0 radical (unpaired) electrons. The van der Waals surface area contributed by atoms with E-state index in [0.29, 0.717) is 18.1 Å². The Morgan fingerprint density at radius 3 is 2.76 bits per heavy atom. The third-order valence-corrected chi connectivity index (χ3v) is 2.85. The molecule has 0 saturated carbocycles. The molecule has 0 saturated heterocycles. The van der Waals surface area contributed by atoms with Crippen LogP contribution >= 0.6 is 0 Å². The van der Waals surface area contributed by atoms with Gasteiger partial charge in [0.15, 0.2) is 5.65 Å². The number of nitrogens with two attached hydrogens (primary N) is 1. The molecular weight excluding hydrogens is 216 g/mol. The fourth-order valence-electron chi connectivity index (χ4n) is 1.59. The number of pyridine rings is 1. The van der Waals surface area contributed by atoms with Crippen LogP contribution in [-0.2, 0) is 0 Å². The molecule has 2 unspecified atom stereocenters. The van der Waals surface area contributed by atoms with E-state index in [1.807, 2.05) is 32.9 Å². The minimum absolute atomic E-state index is 0.0573. The van der Waals surface area contributed by atoms with E-state index in [0.717, 1.165) is 11.3 Å². The molecule has 2 aromatic rings. The summed E-state index contributed by atoms with van der Waals surface area (Å²) in [6.45, 7) is 6.55. The highest BCUT2D eigenvalue weighted by Gasteiger charge is 2.15. The topological polar surface area (TPSA) is 76.8 Å². The van der Waals surface area contributed by atoms with Gasteiger partial charge in [-0.25, -0.2) is 4.98 Å². The number of hydrogen-bond acceptors (Lipinski definition) is 4. The first-order chi connectivity index (χ1) is 8.11. The molecule has 0 aliphatic heterocycles. The molecule has 17 heavy (non-hydrogen) atoms. The molecule has 0 aliphatic rings. The highest BCUT2D eigenvalue weighted by Crippen LogP contribution is 2.20. The van der Waals surface area contributed by atoms with Crippen LogP contribution in [0, 0.1) is 0 Å². The monoisotopic (exact) mass is 234 g/mol. The van der Waals surface area contributed by atoms with E-state index < -0.39 is 0 Å². The molecule has 0 aromatic carbocycles. The lowest BCUT2D eigenvalue weighted by Gasteiger charge is -2.11. The Hall–Kier alpha value is -1.62. The first-order valence-corrected chi connectivity index (χ1v) is 5.87. The summed E-state index contributed by atoms with van der Waals surface area (Å²) in [6, 6.07) is 3.82. The van der Waals surface area contributed by atoms with E-state index in [4.69, 9.17) is 10.5 Å². The van der Waals surface area contributed by atoms with Crippen LogP contribution < -0.4 is 10.5 Å². The summed E-state index contributed by atoms with van der Waals surface area (Å²) < 4.78 is 5.34. The normalized spacial score (nSPS) is 14.8. The maximum absolute atomic E-state index is 5.86. The van der Waals surface area contributed by atoms with E-state index in [-0.39, 0.29) is 12.0 Å². The number of ether oxygens (including phenoxy) is 1. The van der Waals surface area contributed by atoms with Gasteiger partial charge in [-0.1, -0.05) is 6.92 Å². The molecule has 0 spiro atoms. The Bertz CT molecular complexity index is 506. The predicted octanol–water partition coefficient (Wildman–Crippen LogP) is 1.81. The molecule has 0 fully saturated rings. The van der Waals surface area contributed by atoms with Gasteiger partial charge in [0.25, 0.3) is 0 Å². The highest BCUT2D eigenvalue weighted by atomic mass is 16.5. The fourth-order valence-corrected chi connectivity index (χ4v) is 1.59. The maximum Gasteiger partial charge on any atom is 0.215 e. The van der Waals surface area contributed by atoms with Crippen LogP contribution in [0.5, 0.6) is 5.88 Å². The van der Waals surface area contributed by atoms with Gasteiger partial charge in [-0.3, -0.25) is 0 Å². The largest absolute Gasteiger partial charge is 0.478 e. The number of hydrogen-bond donors (Lipinski definition) is 2. The Morgan fingerprint density at radius 1 is 1.35 bits per heavy atom. The van der Waals surface area contributed by atoms with Crippen molar-refractivity contribution >= 4 is 11.2 Å². The van der Waals surface area contributed by atoms with Crippen molar-refractivity contribution in [2.24, 2.45) is 5.73 Å². The van der Waals surface area contributed by atoms with E-state index >= 15 is 0 Å². The molecule has 3 N–H and O–H groups in total. The van der Waals surface area contributed by atoms with E-state index in [1.54, 1.807) is 0 Å². The first kappa shape index (κ1) is 11.9. The quantitative estimate of drug-likeness (QED) is 0.845. The third-order valence-electron chi connectivity index (χ3n) is 2.85. The number of imidazole rings is 1. The van der Waals surface area contributed by atoms with Gasteiger partial charge in [-0.2, -0.15) is 4.98 Å². The van der Waals surface area contributed by atoms with Gasteiger partial charge >= 0.3 is 0 Å². The second-order valence-electron chi connectivity index (χ2n) is 4.22. The van der Waals surface area contributed by atoms with Gasteiger partial charge in [0.05, 0.1) is 12.1 Å². The predicted molar refractivity (Wildman–Crippen MR) is 67.1 cm³/mol. The number of rotatable bonds is 4. The molecule has 2 heterocycles. The van der Waals surface area contributed by atoms with Crippen LogP contribution in [0.4, 0.5) is 0 Å². The van der Waals surface area contributed by atoms with Gasteiger partial charge in [0.1, 0.15) is 5.82 Å². The van der Waals surface area contributed by atoms with Crippen LogP contribution in [0.15, 0.2) is 12.1 Å². The highest BCUT2D eigenvalue weighted by molar-refractivity contribution is 5.71. The van der Waals surface area contributed by atoms with Crippen molar-refractivity contribution in [3.8, 4) is 5.88 Å². The summed E-state index contributed by atoms with van der Waals surface area (Å²) >= 11 is 0. The maximum atomic E-state index is 5.86. The standard InChI is InChI=1S/C12H18N4O/c1-4-17-10-6-5-9-12(15-10)16-11(14-9)7(2)8(3)13/h5-8H,4,13H2,1-3H3,(H,14,15,16). The SMILES string of the molecule is CCOc1ccc2[nH]c(C(C)C(C)N)nc2n1. The number of aromatic nitrogens is 3. The third kappa shape index (κ3) is 2.39. The summed E-state index contributed by atoms with van der Waals surface area (Å²) in [5.74, 6) is 1.65. The minimum Gasteiger partial charge on any atom is -0.478 e. The Labute approximate surface area is 100 Å². The number of fused-ring (bicyclic) bond motifs is 1. The van der Waals surface area contributed by atoms with Gasteiger partial charge in [0, 0.05) is 18.0 Å². The van der Waals surface area contributed by atoms with Crippen LogP contribution in [0.3, 0.4) is 0 Å². The van der Waals surface area contributed by atoms with Crippen LogP contribution in [0.25, 0.3) is 11.2 Å². The Balaban J connectivity index is 2.36. The molecule has 2 atom stereocenters. The molecule has 2 rings (SSSR count). The molecule has 5 heteroatoms. The van der Waals surface area contributed by atoms with Gasteiger partial charge in [0.2, 0.25) is 5.88 Å². The van der Waals surface area contributed by atoms with Crippen molar-refractivity contribution in [2.45, 2.75) is 32.7 Å². The van der Waals surface area contributed by atoms with Crippen molar-refractivity contribution in [3.05, 3.63) is 18.0 Å². The van der Waals surface area contributed by atoms with E-state index in [9.17, 15) is 0 Å². The van der Waals surface area contributed by atoms with E-state index in [1.165, 1.54) is 0 Å². The summed E-state index contributed by atoms with van der Waals surface area (Å²) in [4.78, 5) is 12.0. The summed E-state index contributed by atoms with van der Waals surface area (Å²) in [7, 11) is 0. The molecule has 5 nitrogen and oxygen atoms in total. The first-order valence-electron chi connectivity index (χ1n) is 5.87. The van der Waals surface area contributed by atoms with Gasteiger partial charge in [-0.05, 0) is 19.9 Å². The average Bonchev–Trinajstić information content (AvgIpc) is 2.71. The molecule has 92 valence electrons. The Morgan fingerprint density at radius 2 is 2.12 bits per heavy atom. The van der Waals surface area contributed by atoms with Crippen molar-refractivity contribution < 1.29 is 4.74 Å². The van der Waals surface area contributed by atoms with Gasteiger partial charge < -0.3 is 15.5 Å². The molecule has 0 amide bonds. The molecule has 2 aromatic heterocycles. The lowest BCUT2D eigenvalue weighted by Crippen LogP contribution is -2.23. The van der Waals surface area contributed by atoms with Crippen LogP contribution in [0.1, 0.15) is 32.5 Å². The lowest BCUT2D eigenvalue weighted by atomic mass is 10.0. The molecule has 0 bridgehead atoms. The second kappa shape index (κ2) is 4.71. The fraction of sp³-hybridized carbons (Fsp3) is 0.500. The summed E-state index contributed by atoms with van der Waals surface area (Å²) in [5.41, 5.74) is 7.45. The van der Waals surface area contributed by atoms with Gasteiger partial charge in [-0.15, -0.1) is 0 Å². The minimum atomic E-state index is 0.0573. The number of H-pyrrole nitrogens is 1. The van der Waals surface area contributed by atoms with E-state index in [2.05, 4.69) is 15.0 Å². The number of nitrogens with one attached hydrogen (secondary N) is 1. The smallest absolute Gasteiger partial charge is 0.215 e. The zero-order valence-electron chi connectivity index (χ0n) is 10.4. The summed E-state index contributed by atoms with van der Waals surface area (Å²) in [6.07, 6.45) is 0. The zero-order chi connectivity index (χ0) is 12.4. The Kier molecular flexibility index (Phi) is 3.28. The van der Waals surface area contributed by atoms with Crippen LogP contribution in [-0.4, -0.2) is 27.6 Å². The molecular formula is C12H18N4O. The van der Waals surface area contributed by atoms with Crippen molar-refractivity contribution in [3.63, 3.8) is 0 Å². The number of nitrogens with zero attached hydrogens (tertiary/aromatic N) is 2.